The van der Waals surface area contributed by atoms with Crippen molar-refractivity contribution >= 4 is 16.7 Å². The maximum atomic E-state index is 12.1. The maximum Gasteiger partial charge on any atom is 0.313 e. The summed E-state index contributed by atoms with van der Waals surface area (Å²) in [6.45, 7) is 0. The van der Waals surface area contributed by atoms with Gasteiger partial charge in [0.05, 0.1) is 12.5 Å². The summed E-state index contributed by atoms with van der Waals surface area (Å²) in [5.74, 6) is -0.176. The molecule has 20 heavy (non-hydrogen) atoms. The van der Waals surface area contributed by atoms with Crippen molar-refractivity contribution < 1.29 is 9.53 Å². The fourth-order valence-electron chi connectivity index (χ4n) is 3.12. The van der Waals surface area contributed by atoms with Gasteiger partial charge in [-0.15, -0.1) is 0 Å². The second kappa shape index (κ2) is 4.91. The summed E-state index contributed by atoms with van der Waals surface area (Å²) in [7, 11) is 1.44. The first-order valence-corrected chi connectivity index (χ1v) is 7.00. The Kier molecular flexibility index (Phi) is 3.22. The van der Waals surface area contributed by atoms with E-state index in [9.17, 15) is 4.79 Å². The monoisotopic (exact) mass is 269 g/mol. The average molecular weight is 269 g/mol. The molecule has 0 amide bonds. The number of carbonyl (C=O) groups excluding carboxylic acids is 1. The van der Waals surface area contributed by atoms with Crippen molar-refractivity contribution in [3.63, 3.8) is 0 Å². The normalized spacial score (nSPS) is 18.3. The summed E-state index contributed by atoms with van der Waals surface area (Å²) in [6.07, 6.45) is 2.66. The van der Waals surface area contributed by atoms with Crippen LogP contribution in [0.5, 0.6) is 0 Å². The number of hydrogen-bond acceptors (Lipinski definition) is 3. The minimum atomic E-state index is -0.531. The summed E-state index contributed by atoms with van der Waals surface area (Å²) < 4.78 is 4.97. The highest BCUT2D eigenvalue weighted by atomic mass is 16.5. The third-order valence-electron chi connectivity index (χ3n) is 4.57. The predicted octanol–water partition coefficient (Wildman–Crippen LogP) is 3.18. The van der Waals surface area contributed by atoms with Crippen LogP contribution in [-0.4, -0.2) is 13.1 Å². The molecule has 3 rings (SSSR count). The van der Waals surface area contributed by atoms with E-state index in [-0.39, 0.29) is 12.0 Å². The quantitative estimate of drug-likeness (QED) is 0.871. The molecular formula is C17H19NO2. The van der Waals surface area contributed by atoms with Crippen LogP contribution in [0.4, 0.5) is 0 Å². The minimum absolute atomic E-state index is 0.176. The Morgan fingerprint density at radius 1 is 1.20 bits per heavy atom. The topological polar surface area (TPSA) is 52.3 Å². The van der Waals surface area contributed by atoms with E-state index in [4.69, 9.17) is 10.5 Å². The summed E-state index contributed by atoms with van der Waals surface area (Å²) in [5.41, 5.74) is 6.88. The maximum absolute atomic E-state index is 12.1. The van der Waals surface area contributed by atoms with Crippen molar-refractivity contribution in [3.05, 3.63) is 48.0 Å². The summed E-state index contributed by atoms with van der Waals surface area (Å²) in [4.78, 5) is 12.1. The van der Waals surface area contributed by atoms with Crippen LogP contribution in [0.1, 0.15) is 30.9 Å². The van der Waals surface area contributed by atoms with E-state index in [2.05, 4.69) is 24.3 Å². The number of benzene rings is 2. The van der Waals surface area contributed by atoms with Crippen molar-refractivity contribution in [2.24, 2.45) is 11.1 Å². The number of fused-ring (bicyclic) bond motifs is 1. The van der Waals surface area contributed by atoms with Crippen molar-refractivity contribution in [3.8, 4) is 0 Å². The molecule has 3 heteroatoms. The van der Waals surface area contributed by atoms with Gasteiger partial charge in [0.25, 0.3) is 0 Å². The highest BCUT2D eigenvalue weighted by Crippen LogP contribution is 2.50. The zero-order valence-electron chi connectivity index (χ0n) is 11.6. The van der Waals surface area contributed by atoms with Crippen molar-refractivity contribution in [1.82, 2.24) is 0 Å². The van der Waals surface area contributed by atoms with Gasteiger partial charge in [-0.05, 0) is 35.2 Å². The molecule has 0 aromatic heterocycles. The molecular weight excluding hydrogens is 250 g/mol. The lowest BCUT2D eigenvalue weighted by molar-refractivity contribution is -0.160. The molecule has 1 aliphatic rings. The number of nitrogens with two attached hydrogens (primary N) is 1. The van der Waals surface area contributed by atoms with Crippen molar-refractivity contribution in [2.45, 2.75) is 25.3 Å². The standard InChI is InChI=1S/C17H19NO2/c1-20-16(19)17(9-4-10-17)15(18)14-8-7-12-5-2-3-6-13(12)11-14/h2-3,5-8,11,15H,4,9-10,18H2,1H3. The second-order valence-corrected chi connectivity index (χ2v) is 5.59. The summed E-state index contributed by atoms with van der Waals surface area (Å²) in [5, 5.41) is 2.34. The molecule has 2 aromatic rings. The Hall–Kier alpha value is -1.87. The molecule has 0 bridgehead atoms. The van der Waals surface area contributed by atoms with Gasteiger partial charge in [-0.1, -0.05) is 42.8 Å². The van der Waals surface area contributed by atoms with Crippen molar-refractivity contribution in [2.75, 3.05) is 7.11 Å². The third-order valence-corrected chi connectivity index (χ3v) is 4.57. The Morgan fingerprint density at radius 2 is 1.90 bits per heavy atom. The van der Waals surface area contributed by atoms with Gasteiger partial charge >= 0.3 is 5.97 Å². The largest absolute Gasteiger partial charge is 0.469 e. The first kappa shape index (κ1) is 13.1. The van der Waals surface area contributed by atoms with Crippen LogP contribution in [0.3, 0.4) is 0 Å². The van der Waals surface area contributed by atoms with E-state index in [0.29, 0.717) is 0 Å². The lowest BCUT2D eigenvalue weighted by Crippen LogP contribution is -2.47. The Morgan fingerprint density at radius 3 is 2.50 bits per heavy atom. The van der Waals surface area contributed by atoms with Crippen LogP contribution < -0.4 is 5.73 Å². The summed E-state index contributed by atoms with van der Waals surface area (Å²) in [6, 6.07) is 14.0. The lowest BCUT2D eigenvalue weighted by Gasteiger charge is -2.43. The van der Waals surface area contributed by atoms with Gasteiger partial charge < -0.3 is 10.5 Å². The minimum Gasteiger partial charge on any atom is -0.469 e. The Balaban J connectivity index is 1.99. The molecule has 0 saturated heterocycles. The van der Waals surface area contributed by atoms with E-state index in [1.165, 1.54) is 12.5 Å². The van der Waals surface area contributed by atoms with Gasteiger partial charge in [0.15, 0.2) is 0 Å². The smallest absolute Gasteiger partial charge is 0.313 e. The SMILES string of the molecule is COC(=O)C1(C(N)c2ccc3ccccc3c2)CCC1. The predicted molar refractivity (Wildman–Crippen MR) is 79.2 cm³/mol. The molecule has 0 spiro atoms. The molecule has 3 nitrogen and oxygen atoms in total. The van der Waals surface area contributed by atoms with Gasteiger partial charge in [-0.3, -0.25) is 4.79 Å². The van der Waals surface area contributed by atoms with E-state index >= 15 is 0 Å². The van der Waals surface area contributed by atoms with Crippen LogP contribution in [0.25, 0.3) is 10.8 Å². The summed E-state index contributed by atoms with van der Waals surface area (Å²) >= 11 is 0. The van der Waals surface area contributed by atoms with Crippen LogP contribution >= 0.6 is 0 Å². The molecule has 1 aliphatic carbocycles. The molecule has 0 radical (unpaired) electrons. The molecule has 2 aromatic carbocycles. The van der Waals surface area contributed by atoms with E-state index in [0.717, 1.165) is 30.2 Å². The first-order chi connectivity index (χ1) is 9.67. The molecule has 1 unspecified atom stereocenters. The third kappa shape index (κ3) is 1.90. The van der Waals surface area contributed by atoms with Gasteiger partial charge in [0, 0.05) is 6.04 Å². The number of ether oxygens (including phenoxy) is 1. The second-order valence-electron chi connectivity index (χ2n) is 5.59. The molecule has 1 saturated carbocycles. The number of rotatable bonds is 3. The molecule has 104 valence electrons. The van der Waals surface area contributed by atoms with Crippen LogP contribution in [0.2, 0.25) is 0 Å². The molecule has 1 atom stereocenters. The van der Waals surface area contributed by atoms with Crippen molar-refractivity contribution in [1.29, 1.82) is 0 Å². The van der Waals surface area contributed by atoms with Gasteiger partial charge in [-0.25, -0.2) is 0 Å². The fraction of sp³-hybridized carbons (Fsp3) is 0.353. The van der Waals surface area contributed by atoms with Crippen LogP contribution in [-0.2, 0) is 9.53 Å². The average Bonchev–Trinajstić information content (AvgIpc) is 2.45. The molecule has 0 aliphatic heterocycles. The van der Waals surface area contributed by atoms with Crippen LogP contribution in [0.15, 0.2) is 42.5 Å². The lowest BCUT2D eigenvalue weighted by atomic mass is 9.62. The van der Waals surface area contributed by atoms with Gasteiger partial charge in [-0.2, -0.15) is 0 Å². The highest BCUT2D eigenvalue weighted by molar-refractivity contribution is 5.84. The first-order valence-electron chi connectivity index (χ1n) is 7.00. The fourth-order valence-corrected chi connectivity index (χ4v) is 3.12. The van der Waals surface area contributed by atoms with E-state index < -0.39 is 5.41 Å². The molecule has 0 heterocycles. The van der Waals surface area contributed by atoms with E-state index in [1.54, 1.807) is 0 Å². The highest BCUT2D eigenvalue weighted by Gasteiger charge is 2.50. The number of esters is 1. The number of methoxy groups -OCH3 is 1. The Labute approximate surface area is 118 Å². The van der Waals surface area contributed by atoms with E-state index in [1.807, 2.05) is 18.2 Å². The van der Waals surface area contributed by atoms with Gasteiger partial charge in [0.1, 0.15) is 0 Å². The van der Waals surface area contributed by atoms with Gasteiger partial charge in [0.2, 0.25) is 0 Å². The van der Waals surface area contributed by atoms with Crippen LogP contribution in [0, 0.1) is 5.41 Å². The Bertz CT molecular complexity index is 646. The number of hydrogen-bond donors (Lipinski definition) is 1. The molecule has 1 fully saturated rings. The zero-order chi connectivity index (χ0) is 14.2. The number of carbonyl (C=O) groups is 1. The molecule has 2 N–H and O–H groups in total. The zero-order valence-corrected chi connectivity index (χ0v) is 11.6.